The van der Waals surface area contributed by atoms with Crippen molar-refractivity contribution in [1.82, 2.24) is 0 Å². The quantitative estimate of drug-likeness (QED) is 0.203. The van der Waals surface area contributed by atoms with Crippen LogP contribution in [0.25, 0.3) is 0 Å². The van der Waals surface area contributed by atoms with Crippen LogP contribution in [0.2, 0.25) is 0 Å². The van der Waals surface area contributed by atoms with Crippen LogP contribution in [-0.2, 0) is 34.1 Å². The Kier molecular flexibility index (Phi) is 159. The van der Waals surface area contributed by atoms with Gasteiger partial charge in [-0.3, -0.25) is 0 Å². The summed E-state index contributed by atoms with van der Waals surface area (Å²) in [5, 5.41) is 150. The van der Waals surface area contributed by atoms with Crippen LogP contribution < -0.4 is 91.9 Å². The van der Waals surface area contributed by atoms with Gasteiger partial charge in [-0.25, -0.2) is 0 Å². The van der Waals surface area contributed by atoms with Gasteiger partial charge in [-0.2, -0.15) is 0 Å². The van der Waals surface area contributed by atoms with E-state index in [1.54, 1.807) is 0 Å². The van der Waals surface area contributed by atoms with Crippen LogP contribution >= 0.6 is 0 Å². The average Bonchev–Trinajstić information content (AvgIpc) is 2.39. The minimum atomic E-state index is -2.33. The van der Waals surface area contributed by atoms with E-state index in [1.807, 2.05) is 0 Å². The largest absolute Gasteiger partial charge is 3.00 e. The first kappa shape index (κ1) is 83.3. The maximum atomic E-state index is 8.33. The average molecular weight is 1130 g/mol. The number of carbonyl (C=O) groups excluding carboxylic acids is 9. The number of carbonyl (C=O) groups is 9. The van der Waals surface area contributed by atoms with Crippen LogP contribution in [0.15, 0.2) is 0 Å². The van der Waals surface area contributed by atoms with E-state index in [4.69, 9.17) is 135 Å². The van der Waals surface area contributed by atoms with E-state index in [2.05, 4.69) is 0 Å². The summed E-state index contributed by atoms with van der Waals surface area (Å²) in [6.07, 6.45) is -21.0. The molecule has 234 valence electrons. The van der Waals surface area contributed by atoms with Crippen molar-refractivity contribution in [2.75, 3.05) is 0 Å². The van der Waals surface area contributed by atoms with Crippen molar-refractivity contribution in [2.24, 2.45) is 0 Å². The molecule has 0 rings (SSSR count). The fraction of sp³-hybridized carbons (Fsp3) is 0. The van der Waals surface area contributed by atoms with Gasteiger partial charge in [0.25, 0.3) is 0 Å². The third kappa shape index (κ3) is 3320. The van der Waals surface area contributed by atoms with E-state index in [0.717, 1.165) is 0 Å². The van der Waals surface area contributed by atoms with Crippen LogP contribution in [0.3, 0.4) is 0 Å². The number of hydrogen-bond donors (Lipinski definition) is 0. The Bertz CT molecular complexity index is 430. The van der Waals surface area contributed by atoms with Crippen LogP contribution in [0.5, 0.6) is 0 Å². The minimum Gasteiger partial charge on any atom is -0.652 e. The second-order valence-corrected chi connectivity index (χ2v) is 2.25. The van der Waals surface area contributed by atoms with Crippen molar-refractivity contribution >= 4 is 55.4 Å². The Morgan fingerprint density at radius 2 is 0.200 bits per heavy atom. The van der Waals surface area contributed by atoms with E-state index >= 15 is 0 Å². The van der Waals surface area contributed by atoms with Crippen molar-refractivity contribution in [3.63, 3.8) is 0 Å². The summed E-state index contributed by atoms with van der Waals surface area (Å²) in [6.45, 7) is 0. The molecule has 0 aliphatic carbocycles. The summed E-state index contributed by atoms with van der Waals surface area (Å²) < 4.78 is 0. The van der Waals surface area contributed by atoms with Crippen molar-refractivity contribution in [3.05, 3.63) is 0 Å². The third-order valence-electron chi connectivity index (χ3n) is 0. The normalized spacial score (nSPS) is 5.40. The van der Waals surface area contributed by atoms with Crippen LogP contribution in [0, 0.1) is 62.2 Å². The van der Waals surface area contributed by atoms with Gasteiger partial charge in [0.05, 0.1) is 0 Å². The SMILES string of the molecule is O=C([O-])[O-].O=C([O-])[O-].O=C([O-])[O-].O=C([O-])[O-].O=C([O-])[O-].O=C([O-])[O-].O=C([O-])[O-].O=C([O-])[O-].O=C([O-])[O-].[Fe+3].[Fe+3].[U].[U]. The second kappa shape index (κ2) is 76.5. The fourth-order valence-corrected chi connectivity index (χ4v) is 0. The van der Waals surface area contributed by atoms with Gasteiger partial charge < -0.3 is 135 Å². The molecule has 2 radical (unpaired) electrons. The molecule has 0 bridgehead atoms. The van der Waals surface area contributed by atoms with Crippen LogP contribution in [0.4, 0.5) is 43.2 Å². The molecule has 0 aromatic carbocycles. The molecule has 0 spiro atoms. The first-order chi connectivity index (χ1) is 15.6. The Labute approximate surface area is 284 Å². The van der Waals surface area contributed by atoms with Crippen molar-refractivity contribution in [2.45, 2.75) is 0 Å². The molecule has 0 amide bonds. The van der Waals surface area contributed by atoms with Gasteiger partial charge in [-0.05, 0) is 55.4 Å². The van der Waals surface area contributed by atoms with Gasteiger partial charge in [0, 0.05) is 62.2 Å². The van der Waals surface area contributed by atoms with Gasteiger partial charge >= 0.3 is 34.1 Å². The van der Waals surface area contributed by atoms with E-state index in [1.165, 1.54) is 0 Å². The van der Waals surface area contributed by atoms with E-state index < -0.39 is 55.4 Å². The zero-order valence-electron chi connectivity index (χ0n) is 17.2. The van der Waals surface area contributed by atoms with Crippen LogP contribution in [0.1, 0.15) is 0 Å². The third-order valence-corrected chi connectivity index (χ3v) is 0. The van der Waals surface area contributed by atoms with Gasteiger partial charge in [0.1, 0.15) is 0 Å². The Morgan fingerprint density at radius 3 is 0.200 bits per heavy atom. The molecule has 0 aromatic heterocycles. The molecule has 0 N–H and O–H groups in total. The Hall–Kier alpha value is -3.43. The smallest absolute Gasteiger partial charge is 0.652 e. The molecule has 0 fully saturated rings. The summed E-state index contributed by atoms with van der Waals surface area (Å²) in [7, 11) is 0. The Morgan fingerprint density at radius 1 is 0.200 bits per heavy atom. The van der Waals surface area contributed by atoms with Gasteiger partial charge in [0.2, 0.25) is 0 Å². The van der Waals surface area contributed by atoms with Crippen molar-refractivity contribution < 1.29 is 231 Å². The zero-order valence-corrected chi connectivity index (χ0v) is 27.8. The standard InChI is InChI=1S/9CH2O3.2Fe.2U/c9*2-1(3)4;;;;/h9*(H2,2,3,4);;;;/q;;;;;;;;;2*+3;;/p-18. The molecule has 0 saturated heterocycles. The van der Waals surface area contributed by atoms with E-state index in [0.29, 0.717) is 0 Å². The number of rotatable bonds is 0. The maximum Gasteiger partial charge on any atom is 3.00 e. The second-order valence-electron chi connectivity index (χ2n) is 2.25. The van der Waals surface area contributed by atoms with Gasteiger partial charge in [-0.15, -0.1) is 0 Å². The molecule has 31 heteroatoms. The molecular weight excluding hydrogens is 1130 g/mol. The predicted molar refractivity (Wildman–Crippen MR) is 48.6 cm³/mol. The summed E-state index contributed by atoms with van der Waals surface area (Å²) in [6, 6.07) is 0. The molecule has 0 atom stereocenters. The fourth-order valence-electron chi connectivity index (χ4n) is 0. The summed E-state index contributed by atoms with van der Waals surface area (Å²) >= 11 is 0. The van der Waals surface area contributed by atoms with Crippen molar-refractivity contribution in [1.29, 1.82) is 0 Å². The molecule has 0 saturated carbocycles. The molecule has 0 unspecified atom stereocenters. The van der Waals surface area contributed by atoms with Crippen LogP contribution in [-0.4, -0.2) is 55.4 Å². The first-order valence-electron chi connectivity index (χ1n) is 5.51. The van der Waals surface area contributed by atoms with E-state index in [9.17, 15) is 0 Å². The summed E-state index contributed by atoms with van der Waals surface area (Å²) in [5.41, 5.74) is 0. The molecule has 0 aliphatic heterocycles. The van der Waals surface area contributed by atoms with E-state index in [-0.39, 0.29) is 96.4 Å². The first-order valence-corrected chi connectivity index (χ1v) is 5.51. The van der Waals surface area contributed by atoms with Crippen molar-refractivity contribution in [3.8, 4) is 0 Å². The molecule has 0 aliphatic rings. The summed E-state index contributed by atoms with van der Waals surface area (Å²) in [4.78, 5) is 75.0. The summed E-state index contributed by atoms with van der Waals surface area (Å²) in [5.74, 6) is 0. The molecule has 27 nitrogen and oxygen atoms in total. The monoisotopic (exact) mass is 1130 g/mol. The molecular formula is C9Fe2O27U2-12. The molecule has 0 aromatic rings. The zero-order chi connectivity index (χ0) is 32.2. The van der Waals surface area contributed by atoms with Gasteiger partial charge in [-0.1, -0.05) is 0 Å². The molecule has 0 heterocycles. The number of hydrogen-bond acceptors (Lipinski definition) is 27. The predicted octanol–water partition coefficient (Wildman–Crippen LogP) is -22.0. The topological polar surface area (TPSA) is 569 Å². The number of carboxylic acid groups (broad SMARTS) is 18. The minimum absolute atomic E-state index is 0. The maximum absolute atomic E-state index is 8.33. The Balaban J connectivity index is -0.0000000184. The van der Waals surface area contributed by atoms with Gasteiger partial charge in [0.15, 0.2) is 0 Å². The molecule has 40 heavy (non-hydrogen) atoms.